The third-order valence-electron chi connectivity index (χ3n) is 10.1. The molecule has 1 N–H and O–H groups in total. The number of nitrogens with one attached hydrogen (secondary N) is 1. The van der Waals surface area contributed by atoms with Crippen LogP contribution in [0.3, 0.4) is 0 Å². The Labute approximate surface area is 296 Å². The van der Waals surface area contributed by atoms with Crippen molar-refractivity contribution in [1.29, 1.82) is 0 Å². The fourth-order valence-corrected chi connectivity index (χ4v) is 8.85. The molecule has 11 rings (SSSR count). The lowest BCUT2D eigenvalue weighted by atomic mass is 10.0. The summed E-state index contributed by atoms with van der Waals surface area (Å²) in [5, 5.41) is 10.8. The molecular formula is C45H28N4OS. The molecule has 0 amide bonds. The molecule has 240 valence electrons. The first-order valence-corrected chi connectivity index (χ1v) is 17.9. The first-order chi connectivity index (χ1) is 25.3. The van der Waals surface area contributed by atoms with Crippen LogP contribution in [-0.2, 0) is 0 Å². The number of rotatable bonds is 4. The molecule has 1 atom stereocenters. The second-order valence-corrected chi connectivity index (χ2v) is 14.1. The summed E-state index contributed by atoms with van der Waals surface area (Å²) in [6, 6.07) is 55.5. The van der Waals surface area contributed by atoms with Gasteiger partial charge in [0.25, 0.3) is 0 Å². The van der Waals surface area contributed by atoms with Crippen LogP contribution in [0.15, 0.2) is 172 Å². The molecule has 3 aromatic heterocycles. The van der Waals surface area contributed by atoms with Gasteiger partial charge in [-0.1, -0.05) is 115 Å². The van der Waals surface area contributed by atoms with Crippen LogP contribution in [0.5, 0.6) is 0 Å². The number of thiophene rings is 1. The minimum atomic E-state index is -0.437. The van der Waals surface area contributed by atoms with E-state index in [0.717, 1.165) is 55.5 Å². The second-order valence-electron chi connectivity index (χ2n) is 13.0. The predicted molar refractivity (Wildman–Crippen MR) is 213 cm³/mol. The van der Waals surface area contributed by atoms with E-state index < -0.39 is 6.29 Å². The van der Waals surface area contributed by atoms with Crippen molar-refractivity contribution >= 4 is 86.9 Å². The highest BCUT2D eigenvalue weighted by molar-refractivity contribution is 7.25. The van der Waals surface area contributed by atoms with E-state index in [4.69, 9.17) is 14.4 Å². The molecule has 0 radical (unpaired) electrons. The lowest BCUT2D eigenvalue weighted by molar-refractivity contribution is 0.515. The van der Waals surface area contributed by atoms with Crippen LogP contribution in [0.4, 0.5) is 0 Å². The van der Waals surface area contributed by atoms with Crippen molar-refractivity contribution in [3.05, 3.63) is 169 Å². The first-order valence-electron chi connectivity index (χ1n) is 17.1. The lowest BCUT2D eigenvalue weighted by Crippen LogP contribution is -2.36. The minimum Gasteiger partial charge on any atom is -0.455 e. The molecule has 0 saturated heterocycles. The number of aliphatic imine (C=N–C) groups is 2. The standard InChI is InChI=1S/C45H28N4OS/c1-2-11-27(12-3-1)43-46-44(48-45(47-43)49-37-18-7-4-13-30(37)31-14-5-8-19-38(31)49)36-17-10-16-35-32-23-21-28(25-39(32)50-42(35)36)29-22-24-34-33-15-6-9-20-40(33)51-41(34)26-29/h1-26,45H,(H,46,47,48). The Bertz CT molecular complexity index is 3020. The minimum absolute atomic E-state index is 0.437. The molecule has 0 fully saturated rings. The Morgan fingerprint density at radius 1 is 0.529 bits per heavy atom. The molecule has 51 heavy (non-hydrogen) atoms. The Balaban J connectivity index is 1.08. The highest BCUT2D eigenvalue weighted by Crippen LogP contribution is 2.39. The Morgan fingerprint density at radius 3 is 1.98 bits per heavy atom. The van der Waals surface area contributed by atoms with Gasteiger partial charge in [-0.15, -0.1) is 11.3 Å². The van der Waals surface area contributed by atoms with Crippen molar-refractivity contribution in [1.82, 2.24) is 9.88 Å². The first kappa shape index (κ1) is 28.3. The molecule has 1 unspecified atom stereocenters. The molecule has 0 saturated carbocycles. The van der Waals surface area contributed by atoms with E-state index in [1.54, 1.807) is 0 Å². The average Bonchev–Trinajstić information content (AvgIpc) is 3.87. The highest BCUT2D eigenvalue weighted by atomic mass is 32.1. The molecule has 1 aliphatic heterocycles. The van der Waals surface area contributed by atoms with Gasteiger partial charge >= 0.3 is 0 Å². The number of para-hydroxylation sites is 3. The van der Waals surface area contributed by atoms with Crippen LogP contribution in [0, 0.1) is 0 Å². The fourth-order valence-electron chi connectivity index (χ4n) is 7.71. The molecule has 7 aromatic carbocycles. The van der Waals surface area contributed by atoms with E-state index in [-0.39, 0.29) is 0 Å². The Hall–Kier alpha value is -6.50. The summed E-state index contributed by atoms with van der Waals surface area (Å²) in [6.45, 7) is 0. The summed E-state index contributed by atoms with van der Waals surface area (Å²) in [5.41, 5.74) is 7.98. The zero-order valence-electron chi connectivity index (χ0n) is 27.2. The maximum Gasteiger partial charge on any atom is 0.204 e. The van der Waals surface area contributed by atoms with Gasteiger partial charge in [-0.3, -0.25) is 0 Å². The van der Waals surface area contributed by atoms with Crippen LogP contribution >= 0.6 is 11.3 Å². The quantitative estimate of drug-likeness (QED) is 0.202. The molecular weight excluding hydrogens is 645 g/mol. The van der Waals surface area contributed by atoms with Gasteiger partial charge in [-0.25, -0.2) is 9.98 Å². The van der Waals surface area contributed by atoms with E-state index in [9.17, 15) is 0 Å². The lowest BCUT2D eigenvalue weighted by Gasteiger charge is -2.25. The normalized spacial score (nSPS) is 14.9. The zero-order valence-corrected chi connectivity index (χ0v) is 28.1. The molecule has 1 aliphatic rings. The molecule has 0 aliphatic carbocycles. The van der Waals surface area contributed by atoms with E-state index in [1.165, 1.54) is 36.5 Å². The number of aromatic nitrogens is 1. The van der Waals surface area contributed by atoms with Gasteiger partial charge in [0, 0.05) is 47.3 Å². The van der Waals surface area contributed by atoms with E-state index in [0.29, 0.717) is 5.84 Å². The van der Waals surface area contributed by atoms with Crippen molar-refractivity contribution in [3.63, 3.8) is 0 Å². The number of furan rings is 1. The largest absolute Gasteiger partial charge is 0.455 e. The van der Waals surface area contributed by atoms with Crippen LogP contribution in [0.25, 0.3) is 75.0 Å². The fraction of sp³-hybridized carbons (Fsp3) is 0.0222. The number of benzene rings is 7. The summed E-state index contributed by atoms with van der Waals surface area (Å²) in [4.78, 5) is 10.5. The van der Waals surface area contributed by atoms with Gasteiger partial charge in [0.15, 0.2) is 5.84 Å². The summed E-state index contributed by atoms with van der Waals surface area (Å²) < 4.78 is 11.6. The summed E-state index contributed by atoms with van der Waals surface area (Å²) in [5.74, 6) is 1.39. The molecule has 5 nitrogen and oxygen atoms in total. The number of fused-ring (bicyclic) bond motifs is 9. The van der Waals surface area contributed by atoms with Gasteiger partial charge in [0.1, 0.15) is 17.0 Å². The highest BCUT2D eigenvalue weighted by Gasteiger charge is 2.26. The van der Waals surface area contributed by atoms with Crippen molar-refractivity contribution in [2.75, 3.05) is 0 Å². The maximum atomic E-state index is 6.77. The zero-order chi connectivity index (χ0) is 33.5. The van der Waals surface area contributed by atoms with Gasteiger partial charge in [-0.05, 0) is 53.6 Å². The molecule has 0 bridgehead atoms. The van der Waals surface area contributed by atoms with Crippen LogP contribution < -0.4 is 5.32 Å². The monoisotopic (exact) mass is 672 g/mol. The molecule has 10 aromatic rings. The van der Waals surface area contributed by atoms with Gasteiger partial charge in [0.2, 0.25) is 6.29 Å². The molecule has 6 heteroatoms. The van der Waals surface area contributed by atoms with Gasteiger partial charge in [-0.2, -0.15) is 0 Å². The van der Waals surface area contributed by atoms with Gasteiger partial charge in [0.05, 0.1) is 16.6 Å². The summed E-state index contributed by atoms with van der Waals surface area (Å²) in [6.07, 6.45) is -0.437. The molecule has 4 heterocycles. The average molecular weight is 673 g/mol. The number of nitrogens with zero attached hydrogens (tertiary/aromatic N) is 3. The van der Waals surface area contributed by atoms with E-state index in [1.807, 2.05) is 29.5 Å². The van der Waals surface area contributed by atoms with E-state index >= 15 is 0 Å². The Kier molecular flexibility index (Phi) is 6.12. The van der Waals surface area contributed by atoms with Crippen molar-refractivity contribution in [3.8, 4) is 11.1 Å². The number of hydrogen-bond donors (Lipinski definition) is 1. The topological polar surface area (TPSA) is 54.8 Å². The predicted octanol–water partition coefficient (Wildman–Crippen LogP) is 11.7. The SMILES string of the molecule is c1ccc(C2=NC(c3cccc4c3oc3cc(-c5ccc6c(c5)sc5ccccc56)ccc34)=NC(n3c4ccccc4c4ccccc43)N2)cc1. The Morgan fingerprint density at radius 2 is 1.18 bits per heavy atom. The third-order valence-corrected chi connectivity index (χ3v) is 11.2. The maximum absolute atomic E-state index is 6.77. The number of amidine groups is 2. The number of hydrogen-bond acceptors (Lipinski definition) is 5. The summed E-state index contributed by atoms with van der Waals surface area (Å²) in [7, 11) is 0. The molecule has 0 spiro atoms. The van der Waals surface area contributed by atoms with Crippen molar-refractivity contribution < 1.29 is 4.42 Å². The summed E-state index contributed by atoms with van der Waals surface area (Å²) >= 11 is 1.84. The van der Waals surface area contributed by atoms with E-state index in [2.05, 4.69) is 149 Å². The van der Waals surface area contributed by atoms with Gasteiger partial charge < -0.3 is 14.3 Å². The van der Waals surface area contributed by atoms with Crippen molar-refractivity contribution in [2.45, 2.75) is 6.29 Å². The van der Waals surface area contributed by atoms with Crippen LogP contribution in [0.1, 0.15) is 17.4 Å². The second kappa shape index (κ2) is 11.0. The smallest absolute Gasteiger partial charge is 0.204 e. The van der Waals surface area contributed by atoms with Crippen molar-refractivity contribution in [2.24, 2.45) is 9.98 Å². The third kappa shape index (κ3) is 4.40. The van der Waals surface area contributed by atoms with Crippen LogP contribution in [-0.4, -0.2) is 16.2 Å². The van der Waals surface area contributed by atoms with Crippen LogP contribution in [0.2, 0.25) is 0 Å².